The quantitative estimate of drug-likeness (QED) is 0.365. The number of anilines is 1. The number of rotatable bonds is 10. The van der Waals surface area contributed by atoms with E-state index in [1.165, 1.54) is 0 Å². The van der Waals surface area contributed by atoms with Crippen LogP contribution in [0, 0.1) is 6.92 Å². The van der Waals surface area contributed by atoms with Gasteiger partial charge < -0.3 is 19.5 Å². The molecule has 0 aliphatic carbocycles. The van der Waals surface area contributed by atoms with Gasteiger partial charge in [0.2, 0.25) is 0 Å². The van der Waals surface area contributed by atoms with Crippen LogP contribution in [-0.4, -0.2) is 71.2 Å². The highest BCUT2D eigenvalue weighted by Crippen LogP contribution is 2.37. The Bertz CT molecular complexity index is 1230. The lowest BCUT2D eigenvalue weighted by Crippen LogP contribution is -2.45. The number of piperidine rings is 1. The third-order valence-corrected chi connectivity index (χ3v) is 6.45. The van der Waals surface area contributed by atoms with E-state index >= 15 is 0 Å². The minimum absolute atomic E-state index is 0.260. The first-order valence-corrected chi connectivity index (χ1v) is 13.6. The Hall–Kier alpha value is -2.54. The highest BCUT2D eigenvalue weighted by molar-refractivity contribution is 7.85. The molecule has 200 valence electrons. The molecule has 12 heteroatoms. The SMILES string of the molecule is C=CCOC1(C)CCN(c2c(C(OC(C)(C)C)C(=O)O)c(C)nc3cc(COS(C)(=O)=O)nn23)CC1. The van der Waals surface area contributed by atoms with Gasteiger partial charge in [-0.15, -0.1) is 6.58 Å². The molecule has 3 rings (SSSR count). The molecular formula is C24H36N4O7S. The van der Waals surface area contributed by atoms with Crippen molar-refractivity contribution >= 4 is 27.6 Å². The summed E-state index contributed by atoms with van der Waals surface area (Å²) in [5.41, 5.74) is 0.623. The number of carboxylic acids is 1. The van der Waals surface area contributed by atoms with Crippen LogP contribution >= 0.6 is 0 Å². The zero-order valence-corrected chi connectivity index (χ0v) is 22.6. The first-order chi connectivity index (χ1) is 16.6. The maximum Gasteiger partial charge on any atom is 0.337 e. The molecule has 0 radical (unpaired) electrons. The number of carboxylic acid groups (broad SMARTS) is 1. The monoisotopic (exact) mass is 524 g/mol. The van der Waals surface area contributed by atoms with Crippen molar-refractivity contribution in [1.29, 1.82) is 0 Å². The number of hydrogen-bond acceptors (Lipinski definition) is 9. The lowest BCUT2D eigenvalue weighted by molar-refractivity contribution is -0.160. The van der Waals surface area contributed by atoms with Crippen LogP contribution in [-0.2, 0) is 35.2 Å². The van der Waals surface area contributed by atoms with Gasteiger partial charge in [-0.25, -0.2) is 9.78 Å². The van der Waals surface area contributed by atoms with E-state index in [4.69, 9.17) is 13.7 Å². The molecule has 1 aliphatic heterocycles. The van der Waals surface area contributed by atoms with E-state index in [0.29, 0.717) is 61.0 Å². The molecule has 0 amide bonds. The molecule has 1 aliphatic rings. The molecule has 0 saturated carbocycles. The normalized spacial score (nSPS) is 17.3. The molecule has 36 heavy (non-hydrogen) atoms. The fourth-order valence-corrected chi connectivity index (χ4v) is 4.53. The van der Waals surface area contributed by atoms with Gasteiger partial charge in [0, 0.05) is 24.8 Å². The molecule has 11 nitrogen and oxygen atoms in total. The number of ether oxygens (including phenoxy) is 2. The molecule has 1 N–H and O–H groups in total. The van der Waals surface area contributed by atoms with Crippen LogP contribution in [0.1, 0.15) is 63.6 Å². The van der Waals surface area contributed by atoms with E-state index in [1.54, 1.807) is 44.4 Å². The smallest absolute Gasteiger partial charge is 0.337 e. The number of aryl methyl sites for hydroxylation is 1. The first kappa shape index (κ1) is 28.0. The number of fused-ring (bicyclic) bond motifs is 1. The highest BCUT2D eigenvalue weighted by Gasteiger charge is 2.37. The third-order valence-electron chi connectivity index (χ3n) is 5.90. The molecule has 1 fully saturated rings. The molecule has 0 spiro atoms. The van der Waals surface area contributed by atoms with Gasteiger partial charge in [0.1, 0.15) is 12.4 Å². The summed E-state index contributed by atoms with van der Waals surface area (Å²) in [7, 11) is -3.67. The van der Waals surface area contributed by atoms with Gasteiger partial charge in [-0.05, 0) is 47.5 Å². The zero-order chi connectivity index (χ0) is 26.9. The fraction of sp³-hybridized carbons (Fsp3) is 0.625. The predicted octanol–water partition coefficient (Wildman–Crippen LogP) is 3.02. The second-order valence-electron chi connectivity index (χ2n) is 10.3. The Morgan fingerprint density at radius 1 is 1.33 bits per heavy atom. The summed E-state index contributed by atoms with van der Waals surface area (Å²) in [6.45, 7) is 14.2. The Labute approximate surface area is 212 Å². The van der Waals surface area contributed by atoms with Crippen LogP contribution in [0.15, 0.2) is 18.7 Å². The first-order valence-electron chi connectivity index (χ1n) is 11.8. The summed E-state index contributed by atoms with van der Waals surface area (Å²) < 4.78 is 41.4. The van der Waals surface area contributed by atoms with E-state index < -0.39 is 27.8 Å². The molecule has 3 heterocycles. The summed E-state index contributed by atoms with van der Waals surface area (Å²) in [6.07, 6.45) is 2.80. The number of hydrogen-bond donors (Lipinski definition) is 1. The van der Waals surface area contributed by atoms with Crippen LogP contribution in [0.2, 0.25) is 0 Å². The summed E-state index contributed by atoms with van der Waals surface area (Å²) in [6, 6.07) is 1.63. The standard InChI is InChI=1S/C24H36N4O7S/c1-8-13-33-24(6)9-11-27(12-10-24)21-19(20(22(29)30)35-23(3,4)5)16(2)25-18-14-17(26-28(18)21)15-34-36(7,31)32/h8,14,20H,1,9-13,15H2,2-7H3,(H,29,30). The lowest BCUT2D eigenvalue weighted by atomic mass is 9.92. The van der Waals surface area contributed by atoms with Crippen molar-refractivity contribution in [2.24, 2.45) is 0 Å². The van der Waals surface area contributed by atoms with Crippen molar-refractivity contribution in [3.8, 4) is 0 Å². The largest absolute Gasteiger partial charge is 0.479 e. The van der Waals surface area contributed by atoms with E-state index in [1.807, 2.05) is 0 Å². The van der Waals surface area contributed by atoms with Crippen LogP contribution in [0.4, 0.5) is 5.82 Å². The van der Waals surface area contributed by atoms with Gasteiger partial charge in [0.15, 0.2) is 11.8 Å². The molecule has 1 saturated heterocycles. The zero-order valence-electron chi connectivity index (χ0n) is 21.8. The summed E-state index contributed by atoms with van der Waals surface area (Å²) in [4.78, 5) is 19.1. The van der Waals surface area contributed by atoms with Crippen LogP contribution in [0.3, 0.4) is 0 Å². The Kier molecular flexibility index (Phi) is 8.13. The Morgan fingerprint density at radius 2 is 1.97 bits per heavy atom. The van der Waals surface area contributed by atoms with Gasteiger partial charge in [0.05, 0.1) is 35.3 Å². The van der Waals surface area contributed by atoms with Crippen molar-refractivity contribution < 1.29 is 32.0 Å². The van der Waals surface area contributed by atoms with E-state index in [0.717, 1.165) is 6.26 Å². The van der Waals surface area contributed by atoms with Crippen LogP contribution in [0.25, 0.3) is 5.65 Å². The number of carbonyl (C=O) groups is 1. The molecule has 0 bridgehead atoms. The second kappa shape index (κ2) is 10.4. The summed E-state index contributed by atoms with van der Waals surface area (Å²) >= 11 is 0. The molecule has 0 aromatic carbocycles. The minimum Gasteiger partial charge on any atom is -0.479 e. The minimum atomic E-state index is -3.67. The molecule has 2 aromatic rings. The molecule has 1 unspecified atom stereocenters. The van der Waals surface area contributed by atoms with Crippen molar-refractivity contribution in [1.82, 2.24) is 14.6 Å². The van der Waals surface area contributed by atoms with E-state index in [9.17, 15) is 18.3 Å². The number of aromatic nitrogens is 3. The van der Waals surface area contributed by atoms with Gasteiger partial charge in [-0.3, -0.25) is 4.18 Å². The summed E-state index contributed by atoms with van der Waals surface area (Å²) in [5, 5.41) is 14.7. The van der Waals surface area contributed by atoms with Gasteiger partial charge in [-0.2, -0.15) is 18.0 Å². The third kappa shape index (κ3) is 6.81. The molecule has 1 atom stereocenters. The predicted molar refractivity (Wildman–Crippen MR) is 135 cm³/mol. The van der Waals surface area contributed by atoms with Crippen molar-refractivity contribution in [3.05, 3.63) is 35.7 Å². The summed E-state index contributed by atoms with van der Waals surface area (Å²) in [5.74, 6) is -0.593. The Morgan fingerprint density at radius 3 is 2.50 bits per heavy atom. The van der Waals surface area contributed by atoms with Crippen molar-refractivity contribution in [2.45, 2.75) is 71.4 Å². The molecular weight excluding hydrogens is 488 g/mol. The van der Waals surface area contributed by atoms with Gasteiger partial charge in [0.25, 0.3) is 10.1 Å². The maximum atomic E-state index is 12.4. The number of aliphatic carboxylic acids is 1. The van der Waals surface area contributed by atoms with Crippen molar-refractivity contribution in [2.75, 3.05) is 30.9 Å². The average molecular weight is 525 g/mol. The number of nitrogens with zero attached hydrogens (tertiary/aromatic N) is 4. The van der Waals surface area contributed by atoms with Gasteiger partial charge in [-0.1, -0.05) is 6.08 Å². The van der Waals surface area contributed by atoms with Gasteiger partial charge >= 0.3 is 5.97 Å². The van der Waals surface area contributed by atoms with Crippen molar-refractivity contribution in [3.63, 3.8) is 0 Å². The average Bonchev–Trinajstić information content (AvgIpc) is 3.16. The lowest BCUT2D eigenvalue weighted by Gasteiger charge is -2.41. The Balaban J connectivity index is 2.13. The molecule has 2 aromatic heterocycles. The fourth-order valence-electron chi connectivity index (χ4n) is 4.19. The van der Waals surface area contributed by atoms with Crippen LogP contribution < -0.4 is 4.90 Å². The second-order valence-corrected chi connectivity index (χ2v) is 11.9. The van der Waals surface area contributed by atoms with Crippen LogP contribution in [0.5, 0.6) is 0 Å². The topological polar surface area (TPSA) is 133 Å². The maximum absolute atomic E-state index is 12.4. The highest BCUT2D eigenvalue weighted by atomic mass is 32.2. The van der Waals surface area contributed by atoms with E-state index in [2.05, 4.69) is 28.5 Å². The van der Waals surface area contributed by atoms with E-state index in [-0.39, 0.29) is 12.2 Å².